The first kappa shape index (κ1) is 12.7. The molecule has 2 aliphatic rings. The molecule has 0 aromatic carbocycles. The number of aryl methyl sites for hydroxylation is 1. The zero-order valence-electron chi connectivity index (χ0n) is 10.1. The van der Waals surface area contributed by atoms with Gasteiger partial charge in [0.25, 0.3) is 5.56 Å². The van der Waals surface area contributed by atoms with Crippen molar-refractivity contribution in [3.05, 3.63) is 33.7 Å². The van der Waals surface area contributed by atoms with Crippen molar-refractivity contribution in [3.8, 4) is 0 Å². The molecule has 94 valence electrons. The molecule has 17 heavy (non-hydrogen) atoms. The zero-order valence-corrected chi connectivity index (χ0v) is 10.9. The molecule has 0 spiro atoms. The van der Waals surface area contributed by atoms with Crippen LogP contribution >= 0.6 is 12.4 Å². The molecule has 1 N–H and O–H groups in total. The predicted molar refractivity (Wildman–Crippen MR) is 71.0 cm³/mol. The Morgan fingerprint density at radius 1 is 1.41 bits per heavy atom. The average Bonchev–Trinajstić information content (AvgIpc) is 2.31. The van der Waals surface area contributed by atoms with Crippen molar-refractivity contribution in [2.75, 3.05) is 13.1 Å². The Kier molecular flexibility index (Phi) is 3.59. The molecule has 3 heterocycles. The highest BCUT2D eigenvalue weighted by Crippen LogP contribution is 2.31. The Hall–Kier alpha value is -0.800. The first-order valence-electron chi connectivity index (χ1n) is 6.22. The van der Waals surface area contributed by atoms with Crippen molar-refractivity contribution in [1.82, 2.24) is 9.88 Å². The largest absolute Gasteiger partial charge is 0.316 e. The molecule has 3 rings (SSSR count). The van der Waals surface area contributed by atoms with E-state index in [0.717, 1.165) is 26.1 Å². The summed E-state index contributed by atoms with van der Waals surface area (Å²) in [5.74, 6) is 1.20. The Morgan fingerprint density at radius 3 is 3.00 bits per heavy atom. The van der Waals surface area contributed by atoms with Gasteiger partial charge < -0.3 is 9.88 Å². The fraction of sp³-hybridized carbons (Fsp3) is 0.615. The van der Waals surface area contributed by atoms with Crippen LogP contribution < -0.4 is 10.9 Å². The summed E-state index contributed by atoms with van der Waals surface area (Å²) in [6.07, 6.45) is 2.20. The molecule has 2 atom stereocenters. The summed E-state index contributed by atoms with van der Waals surface area (Å²) >= 11 is 0. The van der Waals surface area contributed by atoms with Crippen molar-refractivity contribution in [2.24, 2.45) is 5.92 Å². The number of halogens is 1. The van der Waals surface area contributed by atoms with Crippen molar-refractivity contribution in [3.63, 3.8) is 0 Å². The minimum atomic E-state index is 0. The molecule has 4 heteroatoms. The Bertz CT molecular complexity index is 469. The molecule has 2 bridgehead atoms. The topological polar surface area (TPSA) is 34.0 Å². The van der Waals surface area contributed by atoms with Crippen LogP contribution in [0.15, 0.2) is 16.9 Å². The maximum absolute atomic E-state index is 12.0. The second-order valence-corrected chi connectivity index (χ2v) is 5.05. The van der Waals surface area contributed by atoms with Gasteiger partial charge in [0.05, 0.1) is 0 Å². The van der Waals surface area contributed by atoms with E-state index in [1.54, 1.807) is 6.07 Å². The van der Waals surface area contributed by atoms with E-state index in [4.69, 9.17) is 0 Å². The summed E-state index contributed by atoms with van der Waals surface area (Å²) in [4.78, 5) is 12.0. The van der Waals surface area contributed by atoms with E-state index < -0.39 is 0 Å². The van der Waals surface area contributed by atoms with Gasteiger partial charge in [0, 0.05) is 30.8 Å². The molecular formula is C13H19ClN2O. The van der Waals surface area contributed by atoms with Crippen LogP contribution in [-0.2, 0) is 13.0 Å². The first-order valence-corrected chi connectivity index (χ1v) is 6.22. The van der Waals surface area contributed by atoms with E-state index in [0.29, 0.717) is 11.8 Å². The van der Waals surface area contributed by atoms with Crippen LogP contribution in [0.4, 0.5) is 0 Å². The van der Waals surface area contributed by atoms with Crippen LogP contribution in [0.2, 0.25) is 0 Å². The van der Waals surface area contributed by atoms with Crippen molar-refractivity contribution in [1.29, 1.82) is 0 Å². The van der Waals surface area contributed by atoms with Crippen LogP contribution in [0.5, 0.6) is 0 Å². The Labute approximate surface area is 108 Å². The monoisotopic (exact) mass is 254 g/mol. The lowest BCUT2D eigenvalue weighted by Gasteiger charge is -2.37. The fourth-order valence-corrected chi connectivity index (χ4v) is 3.06. The highest BCUT2D eigenvalue weighted by Gasteiger charge is 2.30. The Balaban J connectivity index is 0.00000108. The van der Waals surface area contributed by atoms with Gasteiger partial charge in [-0.25, -0.2) is 0 Å². The predicted octanol–water partition coefficient (Wildman–Crippen LogP) is 1.54. The highest BCUT2D eigenvalue weighted by molar-refractivity contribution is 5.85. The second kappa shape index (κ2) is 4.83. The fourth-order valence-electron chi connectivity index (χ4n) is 3.06. The molecule has 0 aliphatic carbocycles. The van der Waals surface area contributed by atoms with Crippen LogP contribution in [-0.4, -0.2) is 17.7 Å². The summed E-state index contributed by atoms with van der Waals surface area (Å²) in [6, 6.07) is 4.03. The summed E-state index contributed by atoms with van der Waals surface area (Å²) in [5, 5.41) is 3.47. The first-order chi connectivity index (χ1) is 7.78. The molecule has 0 amide bonds. The van der Waals surface area contributed by atoms with Crippen LogP contribution in [0.3, 0.4) is 0 Å². The number of hydrogen-bond donors (Lipinski definition) is 1. The quantitative estimate of drug-likeness (QED) is 0.825. The maximum Gasteiger partial charge on any atom is 0.251 e. The van der Waals surface area contributed by atoms with Gasteiger partial charge in [-0.05, 0) is 36.9 Å². The molecule has 1 unspecified atom stereocenters. The SMILES string of the molecule is CCc1cc2n(c(=O)c1)CC1CNC[C@@H]2C1.Cl. The van der Waals surface area contributed by atoms with Gasteiger partial charge in [0.2, 0.25) is 0 Å². The summed E-state index contributed by atoms with van der Waals surface area (Å²) in [7, 11) is 0. The molecule has 0 saturated carbocycles. The molecule has 1 saturated heterocycles. The van der Waals surface area contributed by atoms with Crippen molar-refractivity contribution < 1.29 is 0 Å². The average molecular weight is 255 g/mol. The highest BCUT2D eigenvalue weighted by atomic mass is 35.5. The van der Waals surface area contributed by atoms with Gasteiger partial charge in [0.15, 0.2) is 0 Å². The number of nitrogens with one attached hydrogen (secondary N) is 1. The number of hydrogen-bond acceptors (Lipinski definition) is 2. The summed E-state index contributed by atoms with van der Waals surface area (Å²) < 4.78 is 2.00. The number of rotatable bonds is 1. The smallest absolute Gasteiger partial charge is 0.251 e. The van der Waals surface area contributed by atoms with Gasteiger partial charge in [-0.2, -0.15) is 0 Å². The molecule has 1 fully saturated rings. The number of fused-ring (bicyclic) bond motifs is 4. The van der Waals surface area contributed by atoms with Gasteiger partial charge >= 0.3 is 0 Å². The van der Waals surface area contributed by atoms with E-state index in [1.807, 2.05) is 4.57 Å². The maximum atomic E-state index is 12.0. The van der Waals surface area contributed by atoms with E-state index in [9.17, 15) is 4.79 Å². The second-order valence-electron chi connectivity index (χ2n) is 5.05. The lowest BCUT2D eigenvalue weighted by molar-refractivity contribution is 0.257. The van der Waals surface area contributed by atoms with Gasteiger partial charge in [-0.1, -0.05) is 6.92 Å². The third-order valence-corrected chi connectivity index (χ3v) is 3.93. The molecule has 3 nitrogen and oxygen atoms in total. The molecule has 2 aliphatic heterocycles. The third-order valence-electron chi connectivity index (χ3n) is 3.93. The molecule has 0 radical (unpaired) electrons. The summed E-state index contributed by atoms with van der Waals surface area (Å²) in [6.45, 7) is 5.11. The van der Waals surface area contributed by atoms with E-state index >= 15 is 0 Å². The van der Waals surface area contributed by atoms with Crippen molar-refractivity contribution in [2.45, 2.75) is 32.2 Å². The lowest BCUT2D eigenvalue weighted by atomic mass is 9.84. The summed E-state index contributed by atoms with van der Waals surface area (Å²) in [5.41, 5.74) is 2.64. The molecule has 1 aromatic heterocycles. The number of aromatic nitrogens is 1. The van der Waals surface area contributed by atoms with Gasteiger partial charge in [0.1, 0.15) is 0 Å². The minimum Gasteiger partial charge on any atom is -0.316 e. The van der Waals surface area contributed by atoms with Gasteiger partial charge in [-0.3, -0.25) is 4.79 Å². The van der Waals surface area contributed by atoms with Crippen LogP contribution in [0, 0.1) is 5.92 Å². The number of nitrogens with zero attached hydrogens (tertiary/aromatic N) is 1. The number of piperidine rings is 1. The van der Waals surface area contributed by atoms with Gasteiger partial charge in [-0.15, -0.1) is 12.4 Å². The Morgan fingerprint density at radius 2 is 2.24 bits per heavy atom. The molecular weight excluding hydrogens is 236 g/mol. The van der Waals surface area contributed by atoms with E-state index in [-0.39, 0.29) is 18.0 Å². The van der Waals surface area contributed by atoms with E-state index in [2.05, 4.69) is 18.3 Å². The lowest BCUT2D eigenvalue weighted by Crippen LogP contribution is -2.44. The zero-order chi connectivity index (χ0) is 11.1. The van der Waals surface area contributed by atoms with Crippen LogP contribution in [0.25, 0.3) is 0 Å². The van der Waals surface area contributed by atoms with Crippen molar-refractivity contribution >= 4 is 12.4 Å². The standard InChI is InChI=1S/C13H18N2O.ClH/c1-2-9-4-12-11-3-10(6-14-7-11)8-15(12)13(16)5-9;/h4-5,10-11,14H,2-3,6-8H2,1H3;1H/t10?,11-;/m0./s1. The van der Waals surface area contributed by atoms with E-state index in [1.165, 1.54) is 17.7 Å². The minimum absolute atomic E-state index is 0. The number of pyridine rings is 1. The molecule has 1 aromatic rings. The van der Waals surface area contributed by atoms with Crippen LogP contribution in [0.1, 0.15) is 30.5 Å². The third kappa shape index (κ3) is 2.14. The normalized spacial score (nSPS) is 25.9.